The van der Waals surface area contributed by atoms with E-state index in [1.54, 1.807) is 0 Å². The van der Waals surface area contributed by atoms with Crippen molar-refractivity contribution in [2.45, 2.75) is 52.1 Å². The van der Waals surface area contributed by atoms with E-state index in [0.29, 0.717) is 12.5 Å². The molecule has 3 nitrogen and oxygen atoms in total. The van der Waals surface area contributed by atoms with E-state index >= 15 is 0 Å². The Hall–Kier alpha value is -0.120. The van der Waals surface area contributed by atoms with Gasteiger partial charge in [0.05, 0.1) is 5.60 Å². The maximum atomic E-state index is 9.78. The molecule has 0 aliphatic heterocycles. The van der Waals surface area contributed by atoms with Crippen LogP contribution in [0.4, 0.5) is 0 Å². The molecular weight excluding hydrogens is 190 g/mol. The second kappa shape index (κ2) is 8.08. The van der Waals surface area contributed by atoms with E-state index in [-0.39, 0.29) is 6.61 Å². The molecule has 0 amide bonds. The summed E-state index contributed by atoms with van der Waals surface area (Å²) in [5.41, 5.74) is -0.601. The molecule has 15 heavy (non-hydrogen) atoms. The van der Waals surface area contributed by atoms with Crippen LogP contribution in [0.1, 0.15) is 46.5 Å². The van der Waals surface area contributed by atoms with Gasteiger partial charge in [0.1, 0.15) is 0 Å². The minimum atomic E-state index is -0.601. The van der Waals surface area contributed by atoms with Crippen molar-refractivity contribution in [3.63, 3.8) is 0 Å². The van der Waals surface area contributed by atoms with Gasteiger partial charge in [-0.2, -0.15) is 0 Å². The SMILES string of the molecule is CCCC(CCO)CNCC(C)(O)CC. The van der Waals surface area contributed by atoms with Gasteiger partial charge >= 0.3 is 0 Å². The molecule has 0 aromatic rings. The normalized spacial score (nSPS) is 17.4. The van der Waals surface area contributed by atoms with Crippen LogP contribution in [0.5, 0.6) is 0 Å². The molecule has 0 aliphatic rings. The Morgan fingerprint density at radius 2 is 1.93 bits per heavy atom. The third-order valence-corrected chi connectivity index (χ3v) is 2.93. The molecular formula is C12H27NO2. The van der Waals surface area contributed by atoms with Crippen LogP contribution < -0.4 is 5.32 Å². The fraction of sp³-hybridized carbons (Fsp3) is 1.00. The fourth-order valence-electron chi connectivity index (χ4n) is 1.61. The molecule has 2 atom stereocenters. The molecule has 0 saturated carbocycles. The molecule has 0 heterocycles. The first-order valence-corrected chi connectivity index (χ1v) is 6.09. The largest absolute Gasteiger partial charge is 0.396 e. The van der Waals surface area contributed by atoms with Gasteiger partial charge in [0.2, 0.25) is 0 Å². The molecule has 0 aromatic carbocycles. The van der Waals surface area contributed by atoms with E-state index in [4.69, 9.17) is 5.11 Å². The summed E-state index contributed by atoms with van der Waals surface area (Å²) >= 11 is 0. The first-order chi connectivity index (χ1) is 7.05. The monoisotopic (exact) mass is 217 g/mol. The molecule has 3 heteroatoms. The zero-order valence-corrected chi connectivity index (χ0v) is 10.4. The molecule has 0 fully saturated rings. The fourth-order valence-corrected chi connectivity index (χ4v) is 1.61. The first-order valence-electron chi connectivity index (χ1n) is 6.09. The van der Waals surface area contributed by atoms with Gasteiger partial charge in [-0.25, -0.2) is 0 Å². The lowest BCUT2D eigenvalue weighted by atomic mass is 9.99. The predicted octanol–water partition coefficient (Wildman–Crippen LogP) is 1.54. The van der Waals surface area contributed by atoms with Crippen molar-refractivity contribution in [3.8, 4) is 0 Å². The minimum Gasteiger partial charge on any atom is -0.396 e. The molecule has 0 spiro atoms. The van der Waals surface area contributed by atoms with Crippen molar-refractivity contribution in [2.75, 3.05) is 19.7 Å². The second-order valence-corrected chi connectivity index (χ2v) is 4.65. The zero-order valence-electron chi connectivity index (χ0n) is 10.4. The summed E-state index contributed by atoms with van der Waals surface area (Å²) in [7, 11) is 0. The molecule has 92 valence electrons. The van der Waals surface area contributed by atoms with Crippen LogP contribution in [0.25, 0.3) is 0 Å². The topological polar surface area (TPSA) is 52.5 Å². The Bertz CT molecular complexity index is 143. The van der Waals surface area contributed by atoms with Gasteiger partial charge in [0, 0.05) is 13.2 Å². The highest BCUT2D eigenvalue weighted by molar-refractivity contribution is 4.74. The Kier molecular flexibility index (Phi) is 8.02. The molecule has 3 N–H and O–H groups in total. The van der Waals surface area contributed by atoms with Crippen LogP contribution in [0.3, 0.4) is 0 Å². The summed E-state index contributed by atoms with van der Waals surface area (Å²) in [6.07, 6.45) is 3.91. The number of nitrogens with one attached hydrogen (secondary N) is 1. The molecule has 0 rings (SSSR count). The average molecular weight is 217 g/mol. The van der Waals surface area contributed by atoms with E-state index in [0.717, 1.165) is 32.2 Å². The van der Waals surface area contributed by atoms with Gasteiger partial charge in [-0.15, -0.1) is 0 Å². The van der Waals surface area contributed by atoms with E-state index in [2.05, 4.69) is 12.2 Å². The van der Waals surface area contributed by atoms with Gasteiger partial charge in [0.25, 0.3) is 0 Å². The summed E-state index contributed by atoms with van der Waals surface area (Å²) < 4.78 is 0. The summed E-state index contributed by atoms with van der Waals surface area (Å²) in [4.78, 5) is 0. The summed E-state index contributed by atoms with van der Waals surface area (Å²) in [5.74, 6) is 0.535. The van der Waals surface area contributed by atoms with E-state index in [9.17, 15) is 5.11 Å². The van der Waals surface area contributed by atoms with Crippen molar-refractivity contribution in [1.82, 2.24) is 5.32 Å². The van der Waals surface area contributed by atoms with Crippen molar-refractivity contribution >= 4 is 0 Å². The van der Waals surface area contributed by atoms with E-state index in [1.165, 1.54) is 0 Å². The second-order valence-electron chi connectivity index (χ2n) is 4.65. The molecule has 0 aliphatic carbocycles. The standard InChI is InChI=1S/C12H27NO2/c1-4-6-11(7-8-14)9-13-10-12(3,15)5-2/h11,13-15H,4-10H2,1-3H3. The van der Waals surface area contributed by atoms with Crippen LogP contribution >= 0.6 is 0 Å². The number of aliphatic hydroxyl groups excluding tert-OH is 1. The summed E-state index contributed by atoms with van der Waals surface area (Å²) in [5, 5.41) is 22.0. The number of aliphatic hydroxyl groups is 2. The van der Waals surface area contributed by atoms with Gasteiger partial charge < -0.3 is 15.5 Å². The molecule has 0 saturated heterocycles. The highest BCUT2D eigenvalue weighted by Gasteiger charge is 2.17. The van der Waals surface area contributed by atoms with Crippen molar-refractivity contribution in [2.24, 2.45) is 5.92 Å². The third kappa shape index (κ3) is 7.77. The third-order valence-electron chi connectivity index (χ3n) is 2.93. The quantitative estimate of drug-likeness (QED) is 0.549. The lowest BCUT2D eigenvalue weighted by molar-refractivity contribution is 0.0545. The van der Waals surface area contributed by atoms with Crippen LogP contribution in [-0.2, 0) is 0 Å². The summed E-state index contributed by atoms with van der Waals surface area (Å²) in [6.45, 7) is 7.78. The van der Waals surface area contributed by atoms with Gasteiger partial charge in [-0.1, -0.05) is 20.3 Å². The van der Waals surface area contributed by atoms with Crippen LogP contribution in [0.15, 0.2) is 0 Å². The van der Waals surface area contributed by atoms with E-state index < -0.39 is 5.60 Å². The predicted molar refractivity (Wildman–Crippen MR) is 63.9 cm³/mol. The van der Waals surface area contributed by atoms with Crippen molar-refractivity contribution in [3.05, 3.63) is 0 Å². The highest BCUT2D eigenvalue weighted by Crippen LogP contribution is 2.11. The van der Waals surface area contributed by atoms with Crippen LogP contribution in [0.2, 0.25) is 0 Å². The first kappa shape index (κ1) is 14.9. The lowest BCUT2D eigenvalue weighted by Crippen LogP contribution is -2.39. The average Bonchev–Trinajstić information content (AvgIpc) is 2.18. The Morgan fingerprint density at radius 1 is 1.27 bits per heavy atom. The minimum absolute atomic E-state index is 0.260. The van der Waals surface area contributed by atoms with Crippen molar-refractivity contribution < 1.29 is 10.2 Å². The molecule has 0 bridgehead atoms. The van der Waals surface area contributed by atoms with E-state index in [1.807, 2.05) is 13.8 Å². The van der Waals surface area contributed by atoms with Gasteiger partial charge in [-0.05, 0) is 38.6 Å². The Balaban J connectivity index is 3.69. The molecule has 0 aromatic heterocycles. The maximum absolute atomic E-state index is 9.78. The maximum Gasteiger partial charge on any atom is 0.0740 e. The Labute approximate surface area is 93.9 Å². The lowest BCUT2D eigenvalue weighted by Gasteiger charge is -2.23. The smallest absolute Gasteiger partial charge is 0.0740 e. The Morgan fingerprint density at radius 3 is 2.40 bits per heavy atom. The number of hydrogen-bond acceptors (Lipinski definition) is 3. The molecule has 2 unspecified atom stereocenters. The number of hydrogen-bond donors (Lipinski definition) is 3. The molecule has 0 radical (unpaired) electrons. The number of rotatable bonds is 9. The van der Waals surface area contributed by atoms with Crippen molar-refractivity contribution in [1.29, 1.82) is 0 Å². The summed E-state index contributed by atoms with van der Waals surface area (Å²) in [6, 6.07) is 0. The zero-order chi connectivity index (χ0) is 11.7. The van der Waals surface area contributed by atoms with Gasteiger partial charge in [-0.3, -0.25) is 0 Å². The van der Waals surface area contributed by atoms with Crippen LogP contribution in [0, 0.1) is 5.92 Å². The van der Waals surface area contributed by atoms with Gasteiger partial charge in [0.15, 0.2) is 0 Å². The highest BCUT2D eigenvalue weighted by atomic mass is 16.3. The van der Waals surface area contributed by atoms with Crippen LogP contribution in [-0.4, -0.2) is 35.5 Å².